The van der Waals surface area contributed by atoms with Crippen molar-refractivity contribution in [3.8, 4) is 11.5 Å². The Labute approximate surface area is 94.2 Å². The number of aromatic nitrogens is 3. The smallest absolute Gasteiger partial charge is 0.225 e. The predicted octanol–water partition coefficient (Wildman–Crippen LogP) is 1.49. The number of hydrogen-bond acceptors (Lipinski definition) is 2. The van der Waals surface area contributed by atoms with Crippen molar-refractivity contribution in [1.29, 1.82) is 0 Å². The molecule has 16 heavy (non-hydrogen) atoms. The Kier molecular flexibility index (Phi) is 1.99. The molecule has 0 spiro atoms. The summed E-state index contributed by atoms with van der Waals surface area (Å²) in [6, 6.07) is 14.0. The van der Waals surface area contributed by atoms with Crippen molar-refractivity contribution in [1.82, 2.24) is 14.4 Å². The normalized spacial score (nSPS) is 10.8. The van der Waals surface area contributed by atoms with E-state index in [1.807, 2.05) is 44.4 Å². The summed E-state index contributed by atoms with van der Waals surface area (Å²) in [5, 5.41) is 0. The number of fused-ring (bicyclic) bond motifs is 1. The van der Waals surface area contributed by atoms with Crippen LogP contribution in [-0.2, 0) is 0 Å². The second kappa shape index (κ2) is 3.49. The van der Waals surface area contributed by atoms with Gasteiger partial charge in [-0.2, -0.15) is 0 Å². The van der Waals surface area contributed by atoms with Crippen molar-refractivity contribution in [3.05, 3.63) is 48.7 Å². The van der Waals surface area contributed by atoms with E-state index in [1.54, 1.807) is 6.20 Å². The zero-order valence-corrected chi connectivity index (χ0v) is 8.96. The fraction of sp³-hybridized carbons (Fsp3) is 0. The standard InChI is InChI=1S/C12H10BN3/c13-16-11-7-2-1-5-9(11)15-12(16)10-6-3-4-8-14-10/h1-8H,13H2. The van der Waals surface area contributed by atoms with Crippen molar-refractivity contribution in [2.45, 2.75) is 0 Å². The minimum absolute atomic E-state index is 0.904. The van der Waals surface area contributed by atoms with Crippen LogP contribution < -0.4 is 0 Å². The molecule has 1 aromatic carbocycles. The molecule has 76 valence electrons. The Balaban J connectivity index is 2.29. The van der Waals surface area contributed by atoms with E-state index < -0.39 is 0 Å². The molecule has 0 N–H and O–H groups in total. The summed E-state index contributed by atoms with van der Waals surface area (Å²) in [6.45, 7) is 0. The molecule has 2 aromatic heterocycles. The fourth-order valence-corrected chi connectivity index (χ4v) is 1.87. The van der Waals surface area contributed by atoms with Crippen molar-refractivity contribution >= 4 is 19.0 Å². The molecule has 3 aromatic rings. The van der Waals surface area contributed by atoms with Gasteiger partial charge in [0.25, 0.3) is 0 Å². The van der Waals surface area contributed by atoms with E-state index >= 15 is 0 Å². The number of benzene rings is 1. The van der Waals surface area contributed by atoms with E-state index in [0.717, 1.165) is 22.6 Å². The highest BCUT2D eigenvalue weighted by molar-refractivity contribution is 6.13. The molecular weight excluding hydrogens is 197 g/mol. The molecule has 0 amide bonds. The first kappa shape index (κ1) is 9.15. The SMILES string of the molecule is Bn1c(-c2ccccn2)nc2ccccc21. The summed E-state index contributed by atoms with van der Waals surface area (Å²) in [5.74, 6) is 0.904. The summed E-state index contributed by atoms with van der Waals surface area (Å²) >= 11 is 0. The van der Waals surface area contributed by atoms with E-state index in [0.29, 0.717) is 0 Å². The van der Waals surface area contributed by atoms with Gasteiger partial charge in [-0.15, -0.1) is 0 Å². The van der Waals surface area contributed by atoms with Gasteiger partial charge in [0.15, 0.2) is 0 Å². The highest BCUT2D eigenvalue weighted by atomic mass is 15.0. The average Bonchev–Trinajstić information content (AvgIpc) is 2.69. The summed E-state index contributed by atoms with van der Waals surface area (Å²) in [7, 11) is 2.01. The first-order valence-corrected chi connectivity index (χ1v) is 5.19. The maximum atomic E-state index is 4.58. The molecule has 0 fully saturated rings. The van der Waals surface area contributed by atoms with Gasteiger partial charge in [0.1, 0.15) is 11.5 Å². The Morgan fingerprint density at radius 2 is 1.81 bits per heavy atom. The summed E-state index contributed by atoms with van der Waals surface area (Å²) in [5.41, 5.74) is 3.04. The van der Waals surface area contributed by atoms with Gasteiger partial charge in [-0.25, -0.2) is 4.98 Å². The van der Waals surface area contributed by atoms with Crippen molar-refractivity contribution in [2.75, 3.05) is 0 Å². The van der Waals surface area contributed by atoms with Gasteiger partial charge in [-0.1, -0.05) is 18.2 Å². The first-order chi connectivity index (χ1) is 7.86. The summed E-state index contributed by atoms with van der Waals surface area (Å²) in [6.07, 6.45) is 1.79. The minimum Gasteiger partial charge on any atom is -0.375 e. The third-order valence-corrected chi connectivity index (χ3v) is 2.68. The van der Waals surface area contributed by atoms with Gasteiger partial charge in [0.05, 0.1) is 11.0 Å². The van der Waals surface area contributed by atoms with Crippen molar-refractivity contribution in [2.24, 2.45) is 0 Å². The maximum absolute atomic E-state index is 4.58. The van der Waals surface area contributed by atoms with Gasteiger partial charge in [0.2, 0.25) is 7.98 Å². The number of rotatable bonds is 1. The number of pyridine rings is 1. The molecule has 0 saturated carbocycles. The zero-order chi connectivity index (χ0) is 11.0. The van der Waals surface area contributed by atoms with Crippen molar-refractivity contribution in [3.63, 3.8) is 0 Å². The first-order valence-electron chi connectivity index (χ1n) is 5.19. The van der Waals surface area contributed by atoms with Crippen molar-refractivity contribution < 1.29 is 0 Å². The van der Waals surface area contributed by atoms with Crippen LogP contribution in [0.1, 0.15) is 0 Å². The zero-order valence-electron chi connectivity index (χ0n) is 8.96. The van der Waals surface area contributed by atoms with Crippen LogP contribution in [0, 0.1) is 0 Å². The number of nitrogens with zero attached hydrogens (tertiary/aromatic N) is 3. The molecule has 2 heterocycles. The second-order valence-electron chi connectivity index (χ2n) is 3.70. The molecule has 0 bridgehead atoms. The largest absolute Gasteiger partial charge is 0.375 e. The van der Waals surface area contributed by atoms with Gasteiger partial charge in [-0.3, -0.25) is 4.98 Å². The molecular formula is C12H10BN3. The topological polar surface area (TPSA) is 30.7 Å². The molecule has 3 nitrogen and oxygen atoms in total. The van der Waals surface area contributed by atoms with E-state index in [9.17, 15) is 0 Å². The lowest BCUT2D eigenvalue weighted by atomic mass is 10.2. The molecule has 0 saturated heterocycles. The monoisotopic (exact) mass is 207 g/mol. The van der Waals surface area contributed by atoms with Crippen LogP contribution in [-0.4, -0.2) is 22.4 Å². The van der Waals surface area contributed by atoms with Gasteiger partial charge in [0, 0.05) is 6.20 Å². The predicted molar refractivity (Wildman–Crippen MR) is 66.9 cm³/mol. The molecule has 0 atom stereocenters. The van der Waals surface area contributed by atoms with E-state index in [2.05, 4.69) is 20.5 Å². The Morgan fingerprint density at radius 3 is 2.56 bits per heavy atom. The molecule has 0 aliphatic rings. The van der Waals surface area contributed by atoms with Gasteiger partial charge < -0.3 is 4.48 Å². The number of para-hydroxylation sites is 2. The summed E-state index contributed by atoms with van der Waals surface area (Å²) < 4.78 is 2.07. The molecule has 0 aliphatic heterocycles. The van der Waals surface area contributed by atoms with Crippen LogP contribution in [0.5, 0.6) is 0 Å². The van der Waals surface area contributed by atoms with Crippen LogP contribution in [0.25, 0.3) is 22.6 Å². The van der Waals surface area contributed by atoms with E-state index in [4.69, 9.17) is 0 Å². The highest BCUT2D eigenvalue weighted by Crippen LogP contribution is 2.20. The second-order valence-corrected chi connectivity index (χ2v) is 3.70. The summed E-state index contributed by atoms with van der Waals surface area (Å²) in [4.78, 5) is 8.90. The lowest BCUT2D eigenvalue weighted by Gasteiger charge is -2.00. The van der Waals surface area contributed by atoms with Crippen LogP contribution in [0.2, 0.25) is 0 Å². The lowest BCUT2D eigenvalue weighted by Crippen LogP contribution is -1.96. The average molecular weight is 207 g/mol. The van der Waals surface area contributed by atoms with Crippen LogP contribution in [0.4, 0.5) is 0 Å². The number of hydrogen-bond donors (Lipinski definition) is 0. The molecule has 0 unspecified atom stereocenters. The van der Waals surface area contributed by atoms with Crippen LogP contribution >= 0.6 is 0 Å². The Hall–Kier alpha value is -2.10. The van der Waals surface area contributed by atoms with Gasteiger partial charge >= 0.3 is 0 Å². The van der Waals surface area contributed by atoms with E-state index in [-0.39, 0.29) is 0 Å². The molecule has 3 rings (SSSR count). The quantitative estimate of drug-likeness (QED) is 0.566. The third kappa shape index (κ3) is 1.31. The van der Waals surface area contributed by atoms with E-state index in [1.165, 1.54) is 0 Å². The number of imidazole rings is 1. The third-order valence-electron chi connectivity index (χ3n) is 2.68. The molecule has 4 heteroatoms. The van der Waals surface area contributed by atoms with Crippen LogP contribution in [0.15, 0.2) is 48.7 Å². The molecule has 0 aliphatic carbocycles. The Morgan fingerprint density at radius 1 is 1.00 bits per heavy atom. The minimum atomic E-state index is 0.904. The lowest BCUT2D eigenvalue weighted by molar-refractivity contribution is 1.19. The molecule has 0 radical (unpaired) electrons. The van der Waals surface area contributed by atoms with Gasteiger partial charge in [-0.05, 0) is 24.3 Å². The maximum Gasteiger partial charge on any atom is 0.225 e. The highest BCUT2D eigenvalue weighted by Gasteiger charge is 2.08. The Bertz CT molecular complexity index is 631. The fourth-order valence-electron chi connectivity index (χ4n) is 1.87. The van der Waals surface area contributed by atoms with Crippen LogP contribution in [0.3, 0.4) is 0 Å².